The number of nitrogens with zero attached hydrogens (tertiary/aromatic N) is 2. The largest absolute Gasteiger partial charge is 0.359 e. The number of sulfonamides is 1. The summed E-state index contributed by atoms with van der Waals surface area (Å²) in [6, 6.07) is 6.35. The number of aromatic nitrogens is 2. The van der Waals surface area contributed by atoms with Crippen molar-refractivity contribution in [2.75, 3.05) is 0 Å². The molecule has 0 amide bonds. The molecule has 1 fully saturated rings. The summed E-state index contributed by atoms with van der Waals surface area (Å²) < 4.78 is 35.4. The molecule has 27 heavy (non-hydrogen) atoms. The van der Waals surface area contributed by atoms with Gasteiger partial charge in [0, 0.05) is 33.0 Å². The first kappa shape index (κ1) is 18.4. The zero-order chi connectivity index (χ0) is 19.4. The lowest BCUT2D eigenvalue weighted by Gasteiger charge is -2.13. The van der Waals surface area contributed by atoms with Gasteiger partial charge in [-0.1, -0.05) is 11.2 Å². The van der Waals surface area contributed by atoms with E-state index in [1.807, 2.05) is 6.92 Å². The summed E-state index contributed by atoms with van der Waals surface area (Å²) >= 11 is 3.46. The molecule has 2 heterocycles. The maximum Gasteiger partial charge on any atom is 0.258 e. The Hall–Kier alpha value is -1.97. The molecule has 7 nitrogen and oxygen atoms in total. The Balaban J connectivity index is 1.80. The van der Waals surface area contributed by atoms with Crippen molar-refractivity contribution in [2.24, 2.45) is 0 Å². The van der Waals surface area contributed by atoms with Crippen LogP contribution in [0, 0.1) is 6.92 Å². The number of hydrogen-bond acceptors (Lipinski definition) is 5. The van der Waals surface area contributed by atoms with Crippen molar-refractivity contribution < 1.29 is 12.9 Å². The molecule has 0 unspecified atom stereocenters. The maximum atomic E-state index is 12.9. The molecule has 1 saturated carbocycles. The average Bonchev–Trinajstić information content (AvgIpc) is 3.17. The fourth-order valence-electron chi connectivity index (χ4n) is 2.94. The second-order valence-electron chi connectivity index (χ2n) is 7.22. The van der Waals surface area contributed by atoms with E-state index >= 15 is 0 Å². The Morgan fingerprint density at radius 2 is 2.04 bits per heavy atom. The summed E-state index contributed by atoms with van der Waals surface area (Å²) in [7, 11) is -3.69. The monoisotopic (exact) mass is 451 g/mol. The summed E-state index contributed by atoms with van der Waals surface area (Å²) in [6.45, 7) is 3.88. The van der Waals surface area contributed by atoms with Crippen molar-refractivity contribution in [3.8, 4) is 0 Å². The minimum atomic E-state index is -3.69. The van der Waals surface area contributed by atoms with Crippen LogP contribution in [0.4, 0.5) is 0 Å². The Bertz CT molecular complexity index is 1210. The predicted octanol–water partition coefficient (Wildman–Crippen LogP) is 2.94. The van der Waals surface area contributed by atoms with Crippen molar-refractivity contribution in [3.05, 3.63) is 56.7 Å². The second kappa shape index (κ2) is 6.29. The minimum absolute atomic E-state index is 0.0837. The van der Waals surface area contributed by atoms with Crippen LogP contribution in [0.15, 0.2) is 49.1 Å². The molecule has 0 spiro atoms. The molecule has 0 radical (unpaired) electrons. The van der Waals surface area contributed by atoms with Crippen molar-refractivity contribution in [1.82, 2.24) is 14.4 Å². The standard InChI is InChI=1S/C18H18BrN3O4S/c1-11-7-12(26-20-11)9-22-10-16(19)14-4-3-13(8-15(14)17(22)23)27(24,25)21-18(2)5-6-18/h3-4,7-8,10,21H,5-6,9H2,1-2H3. The molecule has 1 aliphatic rings. The van der Waals surface area contributed by atoms with Gasteiger partial charge in [-0.15, -0.1) is 0 Å². The Kier molecular flexibility index (Phi) is 4.28. The lowest BCUT2D eigenvalue weighted by molar-refractivity contribution is 0.372. The number of hydrogen-bond donors (Lipinski definition) is 1. The van der Waals surface area contributed by atoms with E-state index in [9.17, 15) is 13.2 Å². The van der Waals surface area contributed by atoms with E-state index in [-0.39, 0.29) is 22.5 Å². The molecular weight excluding hydrogens is 434 g/mol. The molecule has 9 heteroatoms. The summed E-state index contributed by atoms with van der Waals surface area (Å²) in [5.74, 6) is 0.549. The molecule has 0 aliphatic heterocycles. The number of rotatable bonds is 5. The maximum absolute atomic E-state index is 12.9. The fourth-order valence-corrected chi connectivity index (χ4v) is 5.03. The zero-order valence-electron chi connectivity index (χ0n) is 14.8. The molecule has 1 N–H and O–H groups in total. The lowest BCUT2D eigenvalue weighted by Crippen LogP contribution is -2.34. The van der Waals surface area contributed by atoms with Crippen LogP contribution < -0.4 is 10.3 Å². The van der Waals surface area contributed by atoms with E-state index in [0.717, 1.165) is 18.5 Å². The molecule has 2 aromatic heterocycles. The summed E-state index contributed by atoms with van der Waals surface area (Å²) in [4.78, 5) is 13.0. The molecule has 0 atom stereocenters. The van der Waals surface area contributed by atoms with Crippen LogP contribution >= 0.6 is 15.9 Å². The first-order valence-corrected chi connectivity index (χ1v) is 10.7. The van der Waals surface area contributed by atoms with Gasteiger partial charge in [0.1, 0.15) is 0 Å². The molecule has 3 aromatic rings. The van der Waals surface area contributed by atoms with Crippen LogP contribution in [0.3, 0.4) is 0 Å². The van der Waals surface area contributed by atoms with Gasteiger partial charge in [0.25, 0.3) is 5.56 Å². The van der Waals surface area contributed by atoms with Gasteiger partial charge in [-0.3, -0.25) is 4.79 Å². The number of pyridine rings is 1. The van der Waals surface area contributed by atoms with Gasteiger partial charge in [-0.2, -0.15) is 0 Å². The zero-order valence-corrected chi connectivity index (χ0v) is 17.2. The topological polar surface area (TPSA) is 94.2 Å². The number of benzene rings is 1. The summed E-state index contributed by atoms with van der Waals surface area (Å²) in [6.07, 6.45) is 3.30. The molecule has 4 rings (SSSR count). The SMILES string of the molecule is Cc1cc(Cn2cc(Br)c3ccc(S(=O)(=O)NC4(C)CC4)cc3c2=O)on1. The van der Waals surface area contributed by atoms with E-state index in [1.54, 1.807) is 25.3 Å². The smallest absolute Gasteiger partial charge is 0.258 e. The minimum Gasteiger partial charge on any atom is -0.359 e. The third-order valence-corrected chi connectivity index (χ3v) is 6.97. The van der Waals surface area contributed by atoms with E-state index < -0.39 is 10.0 Å². The van der Waals surface area contributed by atoms with Crippen molar-refractivity contribution >= 4 is 36.7 Å². The van der Waals surface area contributed by atoms with Gasteiger partial charge in [-0.05, 0) is 54.8 Å². The van der Waals surface area contributed by atoms with Gasteiger partial charge >= 0.3 is 0 Å². The molecule has 1 aliphatic carbocycles. The Labute approximate surface area is 164 Å². The van der Waals surface area contributed by atoms with Gasteiger partial charge in [0.05, 0.1) is 17.1 Å². The normalized spacial score (nSPS) is 16.0. The highest BCUT2D eigenvalue weighted by Gasteiger charge is 2.41. The van der Waals surface area contributed by atoms with Crippen LogP contribution in [0.5, 0.6) is 0 Å². The quantitative estimate of drug-likeness (QED) is 0.643. The van der Waals surface area contributed by atoms with Gasteiger partial charge in [-0.25, -0.2) is 13.1 Å². The lowest BCUT2D eigenvalue weighted by atomic mass is 10.2. The summed E-state index contributed by atoms with van der Waals surface area (Å²) in [5, 5.41) is 4.80. The second-order valence-corrected chi connectivity index (χ2v) is 9.75. The Morgan fingerprint density at radius 1 is 1.30 bits per heavy atom. The first-order chi connectivity index (χ1) is 12.7. The van der Waals surface area contributed by atoms with Crippen LogP contribution in [0.25, 0.3) is 10.8 Å². The van der Waals surface area contributed by atoms with Crippen LogP contribution in [0.1, 0.15) is 31.2 Å². The van der Waals surface area contributed by atoms with Crippen molar-refractivity contribution in [2.45, 2.75) is 43.7 Å². The number of nitrogens with one attached hydrogen (secondary N) is 1. The third-order valence-electron chi connectivity index (χ3n) is 4.70. The molecule has 142 valence electrons. The highest BCUT2D eigenvalue weighted by molar-refractivity contribution is 9.10. The predicted molar refractivity (Wildman–Crippen MR) is 104 cm³/mol. The number of fused-ring (bicyclic) bond motifs is 1. The van der Waals surface area contributed by atoms with Gasteiger partial charge < -0.3 is 9.09 Å². The van der Waals surface area contributed by atoms with E-state index in [0.29, 0.717) is 21.0 Å². The van der Waals surface area contributed by atoms with E-state index in [4.69, 9.17) is 4.52 Å². The van der Waals surface area contributed by atoms with Crippen LogP contribution in [-0.2, 0) is 16.6 Å². The third kappa shape index (κ3) is 3.59. The van der Waals surface area contributed by atoms with Crippen LogP contribution in [-0.4, -0.2) is 23.7 Å². The van der Waals surface area contributed by atoms with E-state index in [1.165, 1.54) is 16.7 Å². The number of aryl methyl sites for hydroxylation is 1. The molecule has 0 saturated heterocycles. The fraction of sp³-hybridized carbons (Fsp3) is 0.333. The molecule has 0 bridgehead atoms. The van der Waals surface area contributed by atoms with Crippen molar-refractivity contribution in [1.29, 1.82) is 0 Å². The summed E-state index contributed by atoms with van der Waals surface area (Å²) in [5.41, 5.74) is 0.0537. The average molecular weight is 452 g/mol. The van der Waals surface area contributed by atoms with E-state index in [2.05, 4.69) is 25.8 Å². The molecular formula is C18H18BrN3O4S. The highest BCUT2D eigenvalue weighted by atomic mass is 79.9. The van der Waals surface area contributed by atoms with Gasteiger partial charge in [0.2, 0.25) is 10.0 Å². The van der Waals surface area contributed by atoms with Gasteiger partial charge in [0.15, 0.2) is 5.76 Å². The van der Waals surface area contributed by atoms with Crippen LogP contribution in [0.2, 0.25) is 0 Å². The number of halogens is 1. The van der Waals surface area contributed by atoms with Crippen molar-refractivity contribution in [3.63, 3.8) is 0 Å². The first-order valence-electron chi connectivity index (χ1n) is 8.46. The molecule has 1 aromatic carbocycles. The Morgan fingerprint density at radius 3 is 2.67 bits per heavy atom. The highest BCUT2D eigenvalue weighted by Crippen LogP contribution is 2.36.